The van der Waals surface area contributed by atoms with Crippen LogP contribution in [0.15, 0.2) is 18.2 Å². The Labute approximate surface area is 112 Å². The Balaban J connectivity index is 2.69. The predicted octanol–water partition coefficient (Wildman–Crippen LogP) is 1.04. The standard InChI is InChI=1S/C12H18N2O4S/c1-3-19(16,17)7-6-12(15)14-10-8-9(13)4-5-11(10)18-2/h4-5,8H,3,6-7,13H2,1-2H3,(H,14,15). The van der Waals surface area contributed by atoms with Crippen LogP contribution < -0.4 is 15.8 Å². The van der Waals surface area contributed by atoms with E-state index in [-0.39, 0.29) is 23.8 Å². The maximum Gasteiger partial charge on any atom is 0.225 e. The van der Waals surface area contributed by atoms with Gasteiger partial charge in [0, 0.05) is 17.9 Å². The average molecular weight is 286 g/mol. The number of rotatable bonds is 6. The molecule has 0 fully saturated rings. The molecule has 0 saturated carbocycles. The van der Waals surface area contributed by atoms with Crippen LogP contribution in [0.3, 0.4) is 0 Å². The molecule has 0 unspecified atom stereocenters. The third-order valence-corrected chi connectivity index (χ3v) is 4.28. The van der Waals surface area contributed by atoms with E-state index in [0.29, 0.717) is 17.1 Å². The Kier molecular flexibility index (Phi) is 5.17. The van der Waals surface area contributed by atoms with Gasteiger partial charge in [-0.05, 0) is 18.2 Å². The molecule has 1 aromatic rings. The lowest BCUT2D eigenvalue weighted by molar-refractivity contribution is -0.115. The molecule has 7 heteroatoms. The van der Waals surface area contributed by atoms with E-state index in [0.717, 1.165) is 0 Å². The molecule has 3 N–H and O–H groups in total. The molecule has 6 nitrogen and oxygen atoms in total. The van der Waals surface area contributed by atoms with E-state index < -0.39 is 9.84 Å². The molecule has 0 spiro atoms. The lowest BCUT2D eigenvalue weighted by Gasteiger charge is -2.10. The second-order valence-corrected chi connectivity index (χ2v) is 6.47. The van der Waals surface area contributed by atoms with Crippen LogP contribution in [-0.2, 0) is 14.6 Å². The van der Waals surface area contributed by atoms with E-state index >= 15 is 0 Å². The zero-order chi connectivity index (χ0) is 14.5. The maximum absolute atomic E-state index is 11.7. The first-order valence-corrected chi connectivity index (χ1v) is 7.64. The van der Waals surface area contributed by atoms with E-state index in [1.165, 1.54) is 7.11 Å². The van der Waals surface area contributed by atoms with Gasteiger partial charge in [-0.2, -0.15) is 0 Å². The van der Waals surface area contributed by atoms with Gasteiger partial charge in [-0.3, -0.25) is 4.79 Å². The summed E-state index contributed by atoms with van der Waals surface area (Å²) in [4.78, 5) is 11.7. The summed E-state index contributed by atoms with van der Waals surface area (Å²) in [5.74, 6) is -0.0520. The maximum atomic E-state index is 11.7. The van der Waals surface area contributed by atoms with Gasteiger partial charge in [0.2, 0.25) is 5.91 Å². The number of ether oxygens (including phenoxy) is 1. The molecule has 1 amide bonds. The number of anilines is 2. The highest BCUT2D eigenvalue weighted by atomic mass is 32.2. The number of carbonyl (C=O) groups excluding carboxylic acids is 1. The fourth-order valence-corrected chi connectivity index (χ4v) is 2.21. The van der Waals surface area contributed by atoms with Crippen molar-refractivity contribution in [3.8, 4) is 5.75 Å². The zero-order valence-electron chi connectivity index (χ0n) is 11.0. The Bertz CT molecular complexity index is 555. The molecule has 0 aliphatic rings. The molecular weight excluding hydrogens is 268 g/mol. The third-order valence-electron chi connectivity index (χ3n) is 2.58. The van der Waals surface area contributed by atoms with Gasteiger partial charge in [0.05, 0.1) is 18.6 Å². The molecule has 0 saturated heterocycles. The number of nitrogens with one attached hydrogen (secondary N) is 1. The quantitative estimate of drug-likeness (QED) is 0.761. The van der Waals surface area contributed by atoms with E-state index in [1.54, 1.807) is 25.1 Å². The van der Waals surface area contributed by atoms with Crippen LogP contribution in [0.4, 0.5) is 11.4 Å². The Morgan fingerprint density at radius 1 is 1.42 bits per heavy atom. The SMILES string of the molecule is CCS(=O)(=O)CCC(=O)Nc1cc(N)ccc1OC. The van der Waals surface area contributed by atoms with Crippen molar-refractivity contribution in [3.63, 3.8) is 0 Å². The van der Waals surface area contributed by atoms with Gasteiger partial charge in [-0.15, -0.1) is 0 Å². The molecule has 19 heavy (non-hydrogen) atoms. The van der Waals surface area contributed by atoms with Crippen molar-refractivity contribution in [2.24, 2.45) is 0 Å². The normalized spacial score (nSPS) is 11.1. The van der Waals surface area contributed by atoms with Crippen LogP contribution in [0, 0.1) is 0 Å². The van der Waals surface area contributed by atoms with Gasteiger partial charge < -0.3 is 15.8 Å². The summed E-state index contributed by atoms with van der Waals surface area (Å²) in [6.45, 7) is 1.55. The third kappa shape index (κ3) is 4.78. The van der Waals surface area contributed by atoms with Crippen molar-refractivity contribution in [2.45, 2.75) is 13.3 Å². The number of amides is 1. The summed E-state index contributed by atoms with van der Waals surface area (Å²) in [5, 5.41) is 2.59. The van der Waals surface area contributed by atoms with Crippen LogP contribution in [-0.4, -0.2) is 32.9 Å². The number of sulfone groups is 1. The second kappa shape index (κ2) is 6.42. The van der Waals surface area contributed by atoms with E-state index in [2.05, 4.69) is 5.32 Å². The minimum Gasteiger partial charge on any atom is -0.495 e. The molecule has 0 aliphatic carbocycles. The van der Waals surface area contributed by atoms with Gasteiger partial charge >= 0.3 is 0 Å². The van der Waals surface area contributed by atoms with Crippen molar-refractivity contribution in [1.82, 2.24) is 0 Å². The van der Waals surface area contributed by atoms with Crippen LogP contribution in [0.2, 0.25) is 0 Å². The smallest absolute Gasteiger partial charge is 0.225 e. The van der Waals surface area contributed by atoms with Crippen LogP contribution in [0.5, 0.6) is 5.75 Å². The summed E-state index contributed by atoms with van der Waals surface area (Å²) in [6.07, 6.45) is -0.0892. The second-order valence-electron chi connectivity index (χ2n) is 3.99. The molecule has 0 aromatic heterocycles. The number of methoxy groups -OCH3 is 1. The molecule has 106 valence electrons. The lowest BCUT2D eigenvalue weighted by Crippen LogP contribution is -2.18. The lowest BCUT2D eigenvalue weighted by atomic mass is 10.2. The summed E-state index contributed by atoms with van der Waals surface area (Å²) >= 11 is 0. The average Bonchev–Trinajstić information content (AvgIpc) is 2.37. The molecule has 0 aliphatic heterocycles. The van der Waals surface area contributed by atoms with E-state index in [9.17, 15) is 13.2 Å². The molecule has 0 heterocycles. The largest absolute Gasteiger partial charge is 0.495 e. The highest BCUT2D eigenvalue weighted by Gasteiger charge is 2.13. The van der Waals surface area contributed by atoms with Crippen molar-refractivity contribution >= 4 is 27.1 Å². The first-order chi connectivity index (χ1) is 8.88. The number of carbonyl (C=O) groups is 1. The number of nitrogens with two attached hydrogens (primary N) is 1. The van der Waals surface area contributed by atoms with Crippen molar-refractivity contribution in [3.05, 3.63) is 18.2 Å². The first-order valence-electron chi connectivity index (χ1n) is 5.81. The number of hydrogen-bond donors (Lipinski definition) is 2. The molecular formula is C12H18N2O4S. The van der Waals surface area contributed by atoms with Gasteiger partial charge in [0.15, 0.2) is 9.84 Å². The van der Waals surface area contributed by atoms with Crippen molar-refractivity contribution < 1.29 is 17.9 Å². The van der Waals surface area contributed by atoms with E-state index in [1.807, 2.05) is 0 Å². The summed E-state index contributed by atoms with van der Waals surface area (Å²) in [7, 11) is -1.67. The molecule has 0 bridgehead atoms. The Morgan fingerprint density at radius 2 is 2.11 bits per heavy atom. The van der Waals surface area contributed by atoms with Crippen LogP contribution >= 0.6 is 0 Å². The van der Waals surface area contributed by atoms with Crippen LogP contribution in [0.25, 0.3) is 0 Å². The monoisotopic (exact) mass is 286 g/mol. The number of nitrogen functional groups attached to an aromatic ring is 1. The molecule has 1 aromatic carbocycles. The summed E-state index contributed by atoms with van der Waals surface area (Å²) in [5.41, 5.74) is 6.54. The topological polar surface area (TPSA) is 98.5 Å². The fourth-order valence-electron chi connectivity index (χ4n) is 1.43. The summed E-state index contributed by atoms with van der Waals surface area (Å²) in [6, 6.07) is 4.84. The molecule has 1 rings (SSSR count). The van der Waals surface area contributed by atoms with Gasteiger partial charge in [-0.25, -0.2) is 8.42 Å². The van der Waals surface area contributed by atoms with Gasteiger partial charge in [-0.1, -0.05) is 6.92 Å². The molecule has 0 radical (unpaired) electrons. The van der Waals surface area contributed by atoms with Crippen molar-refractivity contribution in [1.29, 1.82) is 0 Å². The van der Waals surface area contributed by atoms with Gasteiger partial charge in [0.1, 0.15) is 5.75 Å². The number of hydrogen-bond acceptors (Lipinski definition) is 5. The fraction of sp³-hybridized carbons (Fsp3) is 0.417. The number of benzene rings is 1. The van der Waals surface area contributed by atoms with E-state index in [4.69, 9.17) is 10.5 Å². The minimum atomic E-state index is -3.15. The minimum absolute atomic E-state index is 0.0296. The highest BCUT2D eigenvalue weighted by molar-refractivity contribution is 7.91. The Hall–Kier alpha value is -1.76. The van der Waals surface area contributed by atoms with Crippen LogP contribution in [0.1, 0.15) is 13.3 Å². The zero-order valence-corrected chi connectivity index (χ0v) is 11.8. The predicted molar refractivity (Wildman–Crippen MR) is 75.0 cm³/mol. The summed E-state index contributed by atoms with van der Waals surface area (Å²) < 4.78 is 27.7. The van der Waals surface area contributed by atoms with Gasteiger partial charge in [0.25, 0.3) is 0 Å². The first kappa shape index (κ1) is 15.3. The highest BCUT2D eigenvalue weighted by Crippen LogP contribution is 2.26. The van der Waals surface area contributed by atoms with Crippen molar-refractivity contribution in [2.75, 3.05) is 29.7 Å². The molecule has 0 atom stereocenters. The Morgan fingerprint density at radius 3 is 2.68 bits per heavy atom.